The number of esters is 1. The van der Waals surface area contributed by atoms with Crippen molar-refractivity contribution < 1.29 is 24.1 Å². The predicted molar refractivity (Wildman–Crippen MR) is 70.4 cm³/mol. The summed E-state index contributed by atoms with van der Waals surface area (Å²) in [5, 5.41) is 9.66. The zero-order valence-electron chi connectivity index (χ0n) is 11.5. The summed E-state index contributed by atoms with van der Waals surface area (Å²) >= 11 is 0. The number of aliphatic hydroxyl groups is 1. The third kappa shape index (κ3) is 4.79. The van der Waals surface area contributed by atoms with Crippen molar-refractivity contribution >= 4 is 5.97 Å². The Bertz CT molecular complexity index is 414. The number of hydrogen-bond donors (Lipinski definition) is 1. The summed E-state index contributed by atoms with van der Waals surface area (Å²) in [6.07, 6.45) is 0.245. The van der Waals surface area contributed by atoms with Crippen LogP contribution in [0.3, 0.4) is 0 Å². The molecule has 0 aliphatic rings. The first-order chi connectivity index (χ1) is 9.08. The second-order valence-electron chi connectivity index (χ2n) is 4.11. The van der Waals surface area contributed by atoms with Crippen LogP contribution in [-0.2, 0) is 9.53 Å². The summed E-state index contributed by atoms with van der Waals surface area (Å²) in [7, 11) is 2.93. The molecule has 106 valence electrons. The van der Waals surface area contributed by atoms with E-state index in [4.69, 9.17) is 9.47 Å². The van der Waals surface area contributed by atoms with Gasteiger partial charge in [-0.3, -0.25) is 4.79 Å². The van der Waals surface area contributed by atoms with Crippen LogP contribution in [0.25, 0.3) is 0 Å². The maximum atomic E-state index is 11.0. The number of aliphatic hydroxyl groups excluding tert-OH is 1. The molecule has 1 atom stereocenters. The Morgan fingerprint density at radius 1 is 1.37 bits per heavy atom. The fourth-order valence-electron chi connectivity index (χ4n) is 1.61. The minimum Gasteiger partial charge on any atom is -0.497 e. The molecule has 0 fully saturated rings. The van der Waals surface area contributed by atoms with E-state index in [1.807, 2.05) is 0 Å². The van der Waals surface area contributed by atoms with Crippen LogP contribution in [0.5, 0.6) is 11.5 Å². The summed E-state index contributed by atoms with van der Waals surface area (Å²) < 4.78 is 15.3. The molecule has 0 heterocycles. The lowest BCUT2D eigenvalue weighted by Crippen LogP contribution is -2.06. The molecule has 0 spiro atoms. The number of carbonyl (C=O) groups excluding carboxylic acids is 1. The Morgan fingerprint density at radius 3 is 2.68 bits per heavy atom. The molecule has 0 bridgehead atoms. The fraction of sp³-hybridized carbons (Fsp3) is 0.500. The quantitative estimate of drug-likeness (QED) is 0.606. The summed E-state index contributed by atoms with van der Waals surface area (Å²) in [6, 6.07) is 5.25. The van der Waals surface area contributed by atoms with Gasteiger partial charge in [0.05, 0.1) is 26.9 Å². The van der Waals surface area contributed by atoms with Crippen LogP contribution >= 0.6 is 0 Å². The molecule has 1 rings (SSSR count). The smallest absolute Gasteiger partial charge is 0.305 e. The van der Waals surface area contributed by atoms with E-state index < -0.39 is 6.10 Å². The molecule has 0 saturated heterocycles. The zero-order chi connectivity index (χ0) is 14.3. The topological polar surface area (TPSA) is 65.0 Å². The van der Waals surface area contributed by atoms with E-state index in [1.54, 1.807) is 32.2 Å². The van der Waals surface area contributed by atoms with Gasteiger partial charge in [-0.1, -0.05) is 0 Å². The van der Waals surface area contributed by atoms with E-state index in [2.05, 4.69) is 4.74 Å². The Balaban J connectivity index is 2.62. The fourth-order valence-corrected chi connectivity index (χ4v) is 1.61. The standard InChI is InChI=1S/C14H20O5/c1-10(15)12-7-6-11(17-2)9-13(12)19-8-4-5-14(16)18-3/h6-7,9-10,15H,4-5,8H2,1-3H3. The Hall–Kier alpha value is -1.75. The molecule has 1 N–H and O–H groups in total. The Labute approximate surface area is 113 Å². The van der Waals surface area contributed by atoms with Gasteiger partial charge in [-0.15, -0.1) is 0 Å². The van der Waals surface area contributed by atoms with Crippen molar-refractivity contribution in [3.05, 3.63) is 23.8 Å². The van der Waals surface area contributed by atoms with Gasteiger partial charge < -0.3 is 19.3 Å². The highest BCUT2D eigenvalue weighted by atomic mass is 16.5. The second-order valence-corrected chi connectivity index (χ2v) is 4.11. The van der Waals surface area contributed by atoms with Crippen LogP contribution in [0.4, 0.5) is 0 Å². The average Bonchev–Trinajstić information content (AvgIpc) is 2.42. The molecule has 0 aliphatic heterocycles. The first kappa shape index (κ1) is 15.3. The first-order valence-electron chi connectivity index (χ1n) is 6.14. The molecule has 1 aromatic rings. The second kappa shape index (κ2) is 7.63. The van der Waals surface area contributed by atoms with Gasteiger partial charge in [0, 0.05) is 18.1 Å². The zero-order valence-corrected chi connectivity index (χ0v) is 11.5. The van der Waals surface area contributed by atoms with E-state index in [1.165, 1.54) is 7.11 Å². The first-order valence-corrected chi connectivity index (χ1v) is 6.14. The largest absolute Gasteiger partial charge is 0.497 e. The van der Waals surface area contributed by atoms with E-state index >= 15 is 0 Å². The van der Waals surface area contributed by atoms with Gasteiger partial charge in [0.1, 0.15) is 11.5 Å². The van der Waals surface area contributed by atoms with Crippen molar-refractivity contribution in [3.8, 4) is 11.5 Å². The van der Waals surface area contributed by atoms with Crippen LogP contribution in [0.2, 0.25) is 0 Å². The monoisotopic (exact) mass is 268 g/mol. The van der Waals surface area contributed by atoms with Crippen LogP contribution < -0.4 is 9.47 Å². The van der Waals surface area contributed by atoms with Gasteiger partial charge in [-0.05, 0) is 25.5 Å². The lowest BCUT2D eigenvalue weighted by Gasteiger charge is -2.14. The molecule has 0 saturated carbocycles. The van der Waals surface area contributed by atoms with Crippen molar-refractivity contribution in [1.29, 1.82) is 0 Å². The summed E-state index contributed by atoms with van der Waals surface area (Å²) in [4.78, 5) is 11.0. The van der Waals surface area contributed by atoms with Gasteiger partial charge in [0.25, 0.3) is 0 Å². The molecule has 5 nitrogen and oxygen atoms in total. The number of benzene rings is 1. The molecule has 0 radical (unpaired) electrons. The van der Waals surface area contributed by atoms with E-state index in [9.17, 15) is 9.90 Å². The summed E-state index contributed by atoms with van der Waals surface area (Å²) in [5.74, 6) is 0.969. The molecule has 1 unspecified atom stereocenters. The van der Waals surface area contributed by atoms with E-state index in [-0.39, 0.29) is 5.97 Å². The van der Waals surface area contributed by atoms with Crippen molar-refractivity contribution in [2.24, 2.45) is 0 Å². The summed E-state index contributed by atoms with van der Waals surface area (Å²) in [6.45, 7) is 2.05. The number of carbonyl (C=O) groups is 1. The number of rotatable bonds is 7. The van der Waals surface area contributed by atoms with Crippen molar-refractivity contribution in [3.63, 3.8) is 0 Å². The molecular formula is C14H20O5. The van der Waals surface area contributed by atoms with Gasteiger partial charge in [0.15, 0.2) is 0 Å². The third-order valence-electron chi connectivity index (χ3n) is 2.68. The van der Waals surface area contributed by atoms with Crippen LogP contribution in [0.15, 0.2) is 18.2 Å². The Morgan fingerprint density at radius 2 is 2.11 bits per heavy atom. The molecular weight excluding hydrogens is 248 g/mol. The van der Waals surface area contributed by atoms with Crippen LogP contribution in [0, 0.1) is 0 Å². The predicted octanol–water partition coefficient (Wildman–Crippen LogP) is 2.08. The molecule has 5 heteroatoms. The molecule has 0 amide bonds. The lowest BCUT2D eigenvalue weighted by atomic mass is 10.1. The maximum Gasteiger partial charge on any atom is 0.305 e. The average molecular weight is 268 g/mol. The van der Waals surface area contributed by atoms with Gasteiger partial charge in [-0.25, -0.2) is 0 Å². The number of ether oxygens (including phenoxy) is 3. The maximum absolute atomic E-state index is 11.0. The van der Waals surface area contributed by atoms with Crippen LogP contribution in [0.1, 0.15) is 31.4 Å². The van der Waals surface area contributed by atoms with Crippen molar-refractivity contribution in [2.45, 2.75) is 25.9 Å². The van der Waals surface area contributed by atoms with E-state index in [0.29, 0.717) is 36.5 Å². The minimum absolute atomic E-state index is 0.259. The van der Waals surface area contributed by atoms with Gasteiger partial charge >= 0.3 is 5.97 Å². The van der Waals surface area contributed by atoms with Gasteiger partial charge in [0.2, 0.25) is 0 Å². The highest BCUT2D eigenvalue weighted by Gasteiger charge is 2.11. The van der Waals surface area contributed by atoms with Crippen molar-refractivity contribution in [1.82, 2.24) is 0 Å². The minimum atomic E-state index is -0.624. The highest BCUT2D eigenvalue weighted by molar-refractivity contribution is 5.69. The molecule has 0 aliphatic carbocycles. The highest BCUT2D eigenvalue weighted by Crippen LogP contribution is 2.29. The van der Waals surface area contributed by atoms with E-state index in [0.717, 1.165) is 0 Å². The summed E-state index contributed by atoms with van der Waals surface area (Å²) in [5.41, 5.74) is 0.693. The number of methoxy groups -OCH3 is 2. The van der Waals surface area contributed by atoms with Crippen molar-refractivity contribution in [2.75, 3.05) is 20.8 Å². The third-order valence-corrected chi connectivity index (χ3v) is 2.68. The Kier molecular flexibility index (Phi) is 6.15. The molecule has 19 heavy (non-hydrogen) atoms. The SMILES string of the molecule is COC(=O)CCCOc1cc(OC)ccc1C(C)O. The normalized spacial score (nSPS) is 11.8. The lowest BCUT2D eigenvalue weighted by molar-refractivity contribution is -0.140. The van der Waals surface area contributed by atoms with Crippen LogP contribution in [-0.4, -0.2) is 31.9 Å². The van der Waals surface area contributed by atoms with Gasteiger partial charge in [-0.2, -0.15) is 0 Å². The molecule has 0 aromatic heterocycles. The number of hydrogen-bond acceptors (Lipinski definition) is 5. The molecule has 1 aromatic carbocycles.